The number of aromatic hydroxyl groups is 1. The highest BCUT2D eigenvalue weighted by Crippen LogP contribution is 2.44. The first-order valence-electron chi connectivity index (χ1n) is 9.22. The molecule has 138 valence electrons. The zero-order valence-electron chi connectivity index (χ0n) is 15.4. The highest BCUT2D eigenvalue weighted by molar-refractivity contribution is 6.12. The van der Waals surface area contributed by atoms with E-state index in [-0.39, 0.29) is 17.7 Å². The van der Waals surface area contributed by atoms with Crippen LogP contribution in [0.15, 0.2) is 30.3 Å². The zero-order valence-corrected chi connectivity index (χ0v) is 15.4. The average Bonchev–Trinajstić information content (AvgIpc) is 3.05. The number of carbonyl (C=O) groups excluding carboxylic acids is 1. The van der Waals surface area contributed by atoms with Crippen molar-refractivity contribution >= 4 is 27.5 Å². The highest BCUT2D eigenvalue weighted by Gasteiger charge is 2.36. The lowest BCUT2D eigenvalue weighted by Crippen LogP contribution is -2.38. The molecule has 2 aliphatic rings. The summed E-state index contributed by atoms with van der Waals surface area (Å²) in [6.07, 6.45) is 2.40. The molecule has 1 atom stereocenters. The molecule has 0 spiro atoms. The fourth-order valence-corrected chi connectivity index (χ4v) is 4.74. The van der Waals surface area contributed by atoms with Crippen molar-refractivity contribution in [1.82, 2.24) is 4.90 Å². The third-order valence-electron chi connectivity index (χ3n) is 6.05. The Morgan fingerprint density at radius 2 is 1.67 bits per heavy atom. The SMILES string of the molecule is COc1cc2c3c(c4ccc(O)cc4c2cc1OC)CN1C(=O)CC[C@@H]1C3. The van der Waals surface area contributed by atoms with Gasteiger partial charge in [0, 0.05) is 19.0 Å². The first-order chi connectivity index (χ1) is 13.1. The molecule has 1 amide bonds. The van der Waals surface area contributed by atoms with Crippen molar-refractivity contribution in [2.75, 3.05) is 14.2 Å². The second kappa shape index (κ2) is 5.78. The number of benzene rings is 3. The van der Waals surface area contributed by atoms with Gasteiger partial charge in [-0.15, -0.1) is 0 Å². The number of hydrogen-bond acceptors (Lipinski definition) is 4. The van der Waals surface area contributed by atoms with Gasteiger partial charge in [0.2, 0.25) is 5.91 Å². The molecule has 2 aliphatic heterocycles. The van der Waals surface area contributed by atoms with E-state index < -0.39 is 0 Å². The Morgan fingerprint density at radius 1 is 0.963 bits per heavy atom. The molecule has 0 saturated carbocycles. The standard InChI is InChI=1S/C22H21NO4/c1-26-20-9-17-15-7-12-3-6-22(25)23(12)11-19(15)14-5-4-13(24)8-16(14)18(17)10-21(20)27-2/h4-5,8-10,12,24H,3,6-7,11H2,1-2H3/t12-/m1/s1. The maximum Gasteiger partial charge on any atom is 0.223 e. The third kappa shape index (κ3) is 2.27. The molecule has 27 heavy (non-hydrogen) atoms. The largest absolute Gasteiger partial charge is 0.508 e. The molecule has 3 aromatic carbocycles. The van der Waals surface area contributed by atoms with E-state index >= 15 is 0 Å². The van der Waals surface area contributed by atoms with Crippen LogP contribution in [0.4, 0.5) is 0 Å². The van der Waals surface area contributed by atoms with Gasteiger partial charge in [-0.3, -0.25) is 4.79 Å². The fraction of sp³-hybridized carbons (Fsp3) is 0.318. The van der Waals surface area contributed by atoms with Crippen LogP contribution < -0.4 is 9.47 Å². The Labute approximate surface area is 157 Å². The monoisotopic (exact) mass is 363 g/mol. The van der Waals surface area contributed by atoms with Crippen LogP contribution in [0.25, 0.3) is 21.5 Å². The van der Waals surface area contributed by atoms with Crippen molar-refractivity contribution in [2.45, 2.75) is 31.8 Å². The van der Waals surface area contributed by atoms with Gasteiger partial charge in [0.1, 0.15) is 5.75 Å². The minimum absolute atomic E-state index is 0.226. The van der Waals surface area contributed by atoms with E-state index in [1.165, 1.54) is 11.1 Å². The Balaban J connectivity index is 1.89. The van der Waals surface area contributed by atoms with Crippen LogP contribution in [-0.2, 0) is 17.8 Å². The van der Waals surface area contributed by atoms with Crippen LogP contribution >= 0.6 is 0 Å². The summed E-state index contributed by atoms with van der Waals surface area (Å²) in [6.45, 7) is 0.629. The second-order valence-electron chi connectivity index (χ2n) is 7.36. The van der Waals surface area contributed by atoms with Crippen LogP contribution in [0.5, 0.6) is 17.2 Å². The van der Waals surface area contributed by atoms with Gasteiger partial charge in [-0.05, 0) is 69.8 Å². The molecule has 0 aromatic heterocycles. The fourth-order valence-electron chi connectivity index (χ4n) is 4.74. The number of amides is 1. The molecular weight excluding hydrogens is 342 g/mol. The van der Waals surface area contributed by atoms with Gasteiger partial charge in [-0.25, -0.2) is 0 Å². The predicted octanol–water partition coefficient (Wildman–Crippen LogP) is 3.76. The normalized spacial score (nSPS) is 18.7. The van der Waals surface area contributed by atoms with E-state index in [1.807, 2.05) is 23.1 Å². The predicted molar refractivity (Wildman–Crippen MR) is 103 cm³/mol. The summed E-state index contributed by atoms with van der Waals surface area (Å²) in [7, 11) is 3.27. The lowest BCUT2D eigenvalue weighted by molar-refractivity contribution is -0.129. The van der Waals surface area contributed by atoms with Crippen molar-refractivity contribution in [1.29, 1.82) is 0 Å². The summed E-state index contributed by atoms with van der Waals surface area (Å²) in [4.78, 5) is 14.3. The number of rotatable bonds is 2. The van der Waals surface area contributed by atoms with Gasteiger partial charge in [-0.2, -0.15) is 0 Å². The van der Waals surface area contributed by atoms with Crippen molar-refractivity contribution < 1.29 is 19.4 Å². The van der Waals surface area contributed by atoms with Crippen molar-refractivity contribution in [3.63, 3.8) is 0 Å². The van der Waals surface area contributed by atoms with Gasteiger partial charge < -0.3 is 19.5 Å². The molecule has 3 aromatic rings. The van der Waals surface area contributed by atoms with Crippen molar-refractivity contribution in [2.24, 2.45) is 0 Å². The second-order valence-corrected chi connectivity index (χ2v) is 7.36. The van der Waals surface area contributed by atoms with E-state index in [1.54, 1.807) is 26.4 Å². The van der Waals surface area contributed by atoms with E-state index in [4.69, 9.17) is 9.47 Å². The lowest BCUT2D eigenvalue weighted by atomic mass is 9.85. The number of carbonyl (C=O) groups is 1. The Morgan fingerprint density at radius 3 is 2.41 bits per heavy atom. The number of ether oxygens (including phenoxy) is 2. The van der Waals surface area contributed by atoms with E-state index in [9.17, 15) is 9.90 Å². The van der Waals surface area contributed by atoms with Gasteiger partial charge in [-0.1, -0.05) is 6.07 Å². The molecule has 0 radical (unpaired) electrons. The zero-order chi connectivity index (χ0) is 18.7. The first kappa shape index (κ1) is 16.2. The number of phenolic OH excluding ortho intramolecular Hbond substituents is 1. The summed E-state index contributed by atoms with van der Waals surface area (Å²) < 4.78 is 11.0. The Bertz CT molecular complexity index is 1100. The van der Waals surface area contributed by atoms with Crippen molar-refractivity contribution in [3.05, 3.63) is 41.5 Å². The summed E-state index contributed by atoms with van der Waals surface area (Å²) in [5, 5.41) is 14.3. The maximum absolute atomic E-state index is 12.3. The number of fused-ring (bicyclic) bond motifs is 7. The van der Waals surface area contributed by atoms with E-state index in [0.29, 0.717) is 24.5 Å². The van der Waals surface area contributed by atoms with Gasteiger partial charge in [0.25, 0.3) is 0 Å². The van der Waals surface area contributed by atoms with Crippen LogP contribution in [-0.4, -0.2) is 36.2 Å². The average molecular weight is 363 g/mol. The van der Waals surface area contributed by atoms with Crippen LogP contribution in [0.2, 0.25) is 0 Å². The molecule has 0 bridgehead atoms. The summed E-state index contributed by atoms with van der Waals surface area (Å²) in [5.74, 6) is 1.83. The quantitative estimate of drug-likeness (QED) is 0.704. The van der Waals surface area contributed by atoms with E-state index in [0.717, 1.165) is 34.4 Å². The lowest BCUT2D eigenvalue weighted by Gasteiger charge is -2.33. The summed E-state index contributed by atoms with van der Waals surface area (Å²) in [5.41, 5.74) is 2.45. The molecule has 5 heteroatoms. The summed E-state index contributed by atoms with van der Waals surface area (Å²) >= 11 is 0. The number of nitrogens with zero attached hydrogens (tertiary/aromatic N) is 1. The van der Waals surface area contributed by atoms with Gasteiger partial charge in [0.05, 0.1) is 14.2 Å². The first-order valence-corrected chi connectivity index (χ1v) is 9.22. The topological polar surface area (TPSA) is 59.0 Å². The molecular formula is C22H21NO4. The molecule has 2 heterocycles. The molecule has 5 rings (SSSR count). The molecule has 1 fully saturated rings. The van der Waals surface area contributed by atoms with Gasteiger partial charge in [0.15, 0.2) is 11.5 Å². The highest BCUT2D eigenvalue weighted by atomic mass is 16.5. The molecule has 1 saturated heterocycles. The number of phenols is 1. The third-order valence-corrected chi connectivity index (χ3v) is 6.05. The van der Waals surface area contributed by atoms with Crippen LogP contribution in [0, 0.1) is 0 Å². The molecule has 0 unspecified atom stereocenters. The van der Waals surface area contributed by atoms with Crippen LogP contribution in [0.3, 0.4) is 0 Å². The minimum atomic E-state index is 0.226. The summed E-state index contributed by atoms with van der Waals surface area (Å²) in [6, 6.07) is 9.76. The molecule has 5 nitrogen and oxygen atoms in total. The van der Waals surface area contributed by atoms with Crippen LogP contribution in [0.1, 0.15) is 24.0 Å². The maximum atomic E-state index is 12.3. The Hall–Kier alpha value is -2.95. The van der Waals surface area contributed by atoms with Crippen molar-refractivity contribution in [3.8, 4) is 17.2 Å². The van der Waals surface area contributed by atoms with Gasteiger partial charge >= 0.3 is 0 Å². The smallest absolute Gasteiger partial charge is 0.223 e. The number of methoxy groups -OCH3 is 2. The molecule has 1 N–H and O–H groups in total. The number of hydrogen-bond donors (Lipinski definition) is 1. The Kier molecular flexibility index (Phi) is 3.47. The van der Waals surface area contributed by atoms with E-state index in [2.05, 4.69) is 0 Å². The minimum Gasteiger partial charge on any atom is -0.508 e. The molecule has 0 aliphatic carbocycles.